The lowest BCUT2D eigenvalue weighted by molar-refractivity contribution is 0.157. The quantitative estimate of drug-likeness (QED) is 0.878. The summed E-state index contributed by atoms with van der Waals surface area (Å²) in [5.74, 6) is 1.08. The van der Waals surface area contributed by atoms with E-state index in [9.17, 15) is 8.42 Å². The van der Waals surface area contributed by atoms with Crippen LogP contribution in [0.2, 0.25) is 0 Å². The van der Waals surface area contributed by atoms with E-state index in [0.29, 0.717) is 5.92 Å². The Bertz CT molecular complexity index is 525. The molecule has 0 aliphatic carbocycles. The maximum absolute atomic E-state index is 11.3. The summed E-state index contributed by atoms with van der Waals surface area (Å²) in [6.45, 7) is 4.16. The molecule has 1 aliphatic rings. The molecule has 2 rings (SSSR count). The third kappa shape index (κ3) is 2.45. The zero-order valence-electron chi connectivity index (χ0n) is 10.0. The molecule has 1 heterocycles. The summed E-state index contributed by atoms with van der Waals surface area (Å²) in [6.07, 6.45) is 2.09. The first-order valence-electron chi connectivity index (χ1n) is 5.75. The number of benzene rings is 1. The van der Waals surface area contributed by atoms with Gasteiger partial charge in [0.15, 0.2) is 0 Å². The SMILES string of the molecule is CCC1CC(C)c2cc(S(N)(=O)=O)ccc2O1. The van der Waals surface area contributed by atoms with Gasteiger partial charge in [-0.2, -0.15) is 0 Å². The van der Waals surface area contributed by atoms with Crippen molar-refractivity contribution in [1.82, 2.24) is 0 Å². The smallest absolute Gasteiger partial charge is 0.238 e. The Morgan fingerprint density at radius 3 is 2.76 bits per heavy atom. The highest BCUT2D eigenvalue weighted by atomic mass is 32.2. The molecule has 1 aromatic rings. The minimum Gasteiger partial charge on any atom is -0.490 e. The second kappa shape index (κ2) is 4.31. The van der Waals surface area contributed by atoms with Crippen molar-refractivity contribution >= 4 is 10.0 Å². The van der Waals surface area contributed by atoms with Gasteiger partial charge in [-0.25, -0.2) is 13.6 Å². The molecule has 94 valence electrons. The number of hydrogen-bond donors (Lipinski definition) is 1. The van der Waals surface area contributed by atoms with Gasteiger partial charge in [0.25, 0.3) is 0 Å². The Hall–Kier alpha value is -1.07. The summed E-state index contributed by atoms with van der Waals surface area (Å²) < 4.78 is 28.3. The average Bonchev–Trinajstić information content (AvgIpc) is 2.27. The van der Waals surface area contributed by atoms with Crippen LogP contribution in [0.1, 0.15) is 38.2 Å². The predicted octanol–water partition coefficient (Wildman–Crippen LogP) is 2.00. The Kier molecular flexibility index (Phi) is 3.14. The van der Waals surface area contributed by atoms with Gasteiger partial charge in [0.1, 0.15) is 5.75 Å². The van der Waals surface area contributed by atoms with E-state index in [4.69, 9.17) is 9.88 Å². The van der Waals surface area contributed by atoms with Gasteiger partial charge in [-0.1, -0.05) is 13.8 Å². The number of nitrogens with two attached hydrogens (primary N) is 1. The summed E-state index contributed by atoms with van der Waals surface area (Å²) in [5, 5.41) is 5.12. The monoisotopic (exact) mass is 255 g/mol. The Balaban J connectivity index is 2.44. The molecule has 1 aromatic carbocycles. The number of fused-ring (bicyclic) bond motifs is 1. The highest BCUT2D eigenvalue weighted by Crippen LogP contribution is 2.37. The van der Waals surface area contributed by atoms with Crippen LogP contribution in [0.15, 0.2) is 23.1 Å². The van der Waals surface area contributed by atoms with Gasteiger partial charge in [0.05, 0.1) is 11.0 Å². The van der Waals surface area contributed by atoms with Crippen LogP contribution in [-0.4, -0.2) is 14.5 Å². The van der Waals surface area contributed by atoms with Crippen LogP contribution in [-0.2, 0) is 10.0 Å². The fourth-order valence-electron chi connectivity index (χ4n) is 2.19. The second-order valence-corrected chi connectivity index (χ2v) is 6.09. The van der Waals surface area contributed by atoms with Crippen molar-refractivity contribution in [3.63, 3.8) is 0 Å². The summed E-state index contributed by atoms with van der Waals surface area (Å²) >= 11 is 0. The lowest BCUT2D eigenvalue weighted by Crippen LogP contribution is -2.24. The molecule has 0 radical (unpaired) electrons. The van der Waals surface area contributed by atoms with Gasteiger partial charge < -0.3 is 4.74 Å². The third-order valence-electron chi connectivity index (χ3n) is 3.21. The Morgan fingerprint density at radius 2 is 2.18 bits per heavy atom. The van der Waals surface area contributed by atoms with Gasteiger partial charge in [0, 0.05) is 0 Å². The van der Waals surface area contributed by atoms with E-state index in [-0.39, 0.29) is 11.0 Å². The van der Waals surface area contributed by atoms with E-state index >= 15 is 0 Å². The molecule has 2 unspecified atom stereocenters. The summed E-state index contributed by atoms with van der Waals surface area (Å²) in [7, 11) is -3.63. The van der Waals surface area contributed by atoms with Crippen LogP contribution < -0.4 is 9.88 Å². The molecule has 0 saturated carbocycles. The zero-order chi connectivity index (χ0) is 12.6. The van der Waals surface area contributed by atoms with E-state index in [0.717, 1.165) is 24.2 Å². The molecule has 17 heavy (non-hydrogen) atoms. The van der Waals surface area contributed by atoms with E-state index in [1.807, 2.05) is 0 Å². The van der Waals surface area contributed by atoms with E-state index in [2.05, 4.69) is 13.8 Å². The second-order valence-electron chi connectivity index (χ2n) is 4.53. The van der Waals surface area contributed by atoms with Crippen molar-refractivity contribution in [1.29, 1.82) is 0 Å². The Morgan fingerprint density at radius 1 is 1.47 bits per heavy atom. The molecule has 5 heteroatoms. The number of sulfonamides is 1. The van der Waals surface area contributed by atoms with Crippen LogP contribution in [0.5, 0.6) is 5.75 Å². The lowest BCUT2D eigenvalue weighted by atomic mass is 9.91. The summed E-state index contributed by atoms with van der Waals surface area (Å²) in [6, 6.07) is 4.83. The molecule has 0 fully saturated rings. The molecule has 1 aliphatic heterocycles. The molecular formula is C12H17NO3S. The standard InChI is InChI=1S/C12H17NO3S/c1-3-9-6-8(2)11-7-10(17(13,14)15)4-5-12(11)16-9/h4-5,7-9H,3,6H2,1-2H3,(H2,13,14,15). The summed E-state index contributed by atoms with van der Waals surface area (Å²) in [4.78, 5) is 0.154. The number of ether oxygens (including phenoxy) is 1. The molecule has 4 nitrogen and oxygen atoms in total. The van der Waals surface area contributed by atoms with Crippen molar-refractivity contribution in [2.24, 2.45) is 5.14 Å². The first-order chi connectivity index (χ1) is 7.91. The molecule has 0 aromatic heterocycles. The average molecular weight is 255 g/mol. The first-order valence-corrected chi connectivity index (χ1v) is 7.30. The van der Waals surface area contributed by atoms with Gasteiger partial charge in [0.2, 0.25) is 10.0 Å². The normalized spacial score (nSPS) is 23.9. The van der Waals surface area contributed by atoms with Crippen LogP contribution in [0.3, 0.4) is 0 Å². The highest BCUT2D eigenvalue weighted by Gasteiger charge is 2.25. The molecule has 0 saturated heterocycles. The van der Waals surface area contributed by atoms with E-state index in [1.54, 1.807) is 12.1 Å². The fraction of sp³-hybridized carbons (Fsp3) is 0.500. The molecular weight excluding hydrogens is 238 g/mol. The maximum atomic E-state index is 11.3. The molecule has 2 atom stereocenters. The molecule has 0 amide bonds. The largest absolute Gasteiger partial charge is 0.490 e. The minimum atomic E-state index is -3.63. The minimum absolute atomic E-state index is 0.154. The van der Waals surface area contributed by atoms with Crippen molar-refractivity contribution in [2.45, 2.75) is 43.6 Å². The predicted molar refractivity (Wildman–Crippen MR) is 65.6 cm³/mol. The van der Waals surface area contributed by atoms with Crippen LogP contribution in [0.4, 0.5) is 0 Å². The van der Waals surface area contributed by atoms with Gasteiger partial charge in [-0.15, -0.1) is 0 Å². The summed E-state index contributed by atoms with van der Waals surface area (Å²) in [5.41, 5.74) is 0.932. The third-order valence-corrected chi connectivity index (χ3v) is 4.12. The van der Waals surface area contributed by atoms with E-state index in [1.165, 1.54) is 6.07 Å². The van der Waals surface area contributed by atoms with Gasteiger partial charge in [-0.3, -0.25) is 0 Å². The zero-order valence-corrected chi connectivity index (χ0v) is 10.8. The van der Waals surface area contributed by atoms with E-state index < -0.39 is 10.0 Å². The Labute approximate surface area is 102 Å². The molecule has 0 bridgehead atoms. The first kappa shape index (κ1) is 12.4. The van der Waals surface area contributed by atoms with Crippen molar-refractivity contribution in [3.05, 3.63) is 23.8 Å². The fourth-order valence-corrected chi connectivity index (χ4v) is 2.74. The van der Waals surface area contributed by atoms with Crippen LogP contribution in [0, 0.1) is 0 Å². The van der Waals surface area contributed by atoms with Crippen molar-refractivity contribution in [3.8, 4) is 5.75 Å². The number of rotatable bonds is 2. The number of hydrogen-bond acceptors (Lipinski definition) is 3. The van der Waals surface area contributed by atoms with Crippen molar-refractivity contribution < 1.29 is 13.2 Å². The van der Waals surface area contributed by atoms with Gasteiger partial charge >= 0.3 is 0 Å². The van der Waals surface area contributed by atoms with Crippen LogP contribution in [0.25, 0.3) is 0 Å². The van der Waals surface area contributed by atoms with Crippen molar-refractivity contribution in [2.75, 3.05) is 0 Å². The molecule has 0 spiro atoms. The topological polar surface area (TPSA) is 69.4 Å². The molecule has 2 N–H and O–H groups in total. The van der Waals surface area contributed by atoms with Crippen LogP contribution >= 0.6 is 0 Å². The number of primary sulfonamides is 1. The lowest BCUT2D eigenvalue weighted by Gasteiger charge is -2.30. The van der Waals surface area contributed by atoms with Gasteiger partial charge in [-0.05, 0) is 42.5 Å². The maximum Gasteiger partial charge on any atom is 0.238 e. The highest BCUT2D eigenvalue weighted by molar-refractivity contribution is 7.89.